The average Bonchev–Trinajstić information content (AvgIpc) is 2.71. The van der Waals surface area contributed by atoms with E-state index in [-0.39, 0.29) is 31.5 Å². The van der Waals surface area contributed by atoms with Gasteiger partial charge in [-0.05, 0) is 49.8 Å². The maximum Gasteiger partial charge on any atom is 0.391 e. The van der Waals surface area contributed by atoms with Crippen molar-refractivity contribution < 1.29 is 22.8 Å². The highest BCUT2D eigenvalue weighted by molar-refractivity contribution is 6.33. The zero-order valence-corrected chi connectivity index (χ0v) is 13.8. The molecule has 1 heterocycles. The Kier molecular flexibility index (Phi) is 4.14. The summed E-state index contributed by atoms with van der Waals surface area (Å²) in [7, 11) is 0. The van der Waals surface area contributed by atoms with E-state index in [1.165, 1.54) is 0 Å². The number of amides is 1. The first-order valence-corrected chi connectivity index (χ1v) is 8.21. The molecule has 1 saturated carbocycles. The van der Waals surface area contributed by atoms with Crippen LogP contribution in [0.1, 0.15) is 42.7 Å². The van der Waals surface area contributed by atoms with Gasteiger partial charge >= 0.3 is 6.18 Å². The molecule has 2 fully saturated rings. The highest BCUT2D eigenvalue weighted by atomic mass is 35.5. The molecule has 0 aromatic heterocycles. The molecule has 1 aromatic rings. The standard InChI is InChI=1S/C17H17ClF3NO2/c1-9-3-2-4-11(18)12(9)13-14(23)16(22-15(13)24)7-5-10(6-8-16)17(19,20)21/h2-4,10,13H,5-8H2,1H3,(H,22,24). The first-order valence-electron chi connectivity index (χ1n) is 7.84. The molecule has 3 nitrogen and oxygen atoms in total. The number of Topliss-reactive ketones (excluding diaryl/α,β-unsaturated/α-hetero) is 1. The SMILES string of the molecule is Cc1cccc(Cl)c1C1C(=O)NC2(CCC(C(F)(F)F)CC2)C1=O. The summed E-state index contributed by atoms with van der Waals surface area (Å²) in [5.74, 6) is -3.28. The minimum absolute atomic E-state index is 0.0156. The minimum Gasteiger partial charge on any atom is -0.343 e. The first kappa shape index (κ1) is 17.3. The molecule has 1 aliphatic carbocycles. The molecule has 24 heavy (non-hydrogen) atoms. The van der Waals surface area contributed by atoms with Crippen LogP contribution < -0.4 is 5.32 Å². The number of benzene rings is 1. The molecule has 1 N–H and O–H groups in total. The van der Waals surface area contributed by atoms with Crippen LogP contribution >= 0.6 is 11.6 Å². The molecule has 1 atom stereocenters. The second-order valence-electron chi connectivity index (χ2n) is 6.65. The molecule has 1 saturated heterocycles. The van der Waals surface area contributed by atoms with Gasteiger partial charge in [0.15, 0.2) is 5.78 Å². The Labute approximate surface area is 142 Å². The van der Waals surface area contributed by atoms with E-state index in [0.29, 0.717) is 10.6 Å². The van der Waals surface area contributed by atoms with Crippen molar-refractivity contribution in [3.63, 3.8) is 0 Å². The number of ketones is 1. The van der Waals surface area contributed by atoms with Gasteiger partial charge in [0.25, 0.3) is 0 Å². The number of alkyl halides is 3. The van der Waals surface area contributed by atoms with Gasteiger partial charge in [0.05, 0.1) is 11.5 Å². The number of nitrogens with one attached hydrogen (secondary N) is 1. The van der Waals surface area contributed by atoms with Gasteiger partial charge in [0.2, 0.25) is 5.91 Å². The van der Waals surface area contributed by atoms with Crippen LogP contribution in [0.25, 0.3) is 0 Å². The predicted octanol–water partition coefficient (Wildman–Crippen LogP) is 3.92. The number of hydrogen-bond donors (Lipinski definition) is 1. The van der Waals surface area contributed by atoms with E-state index in [0.717, 1.165) is 5.56 Å². The fourth-order valence-corrected chi connectivity index (χ4v) is 4.18. The smallest absolute Gasteiger partial charge is 0.343 e. The Hall–Kier alpha value is -1.56. The topological polar surface area (TPSA) is 46.2 Å². The van der Waals surface area contributed by atoms with Gasteiger partial charge in [-0.2, -0.15) is 13.2 Å². The molecule has 1 unspecified atom stereocenters. The quantitative estimate of drug-likeness (QED) is 0.772. The molecule has 1 spiro atoms. The Bertz CT molecular complexity index is 673. The predicted molar refractivity (Wildman–Crippen MR) is 82.8 cm³/mol. The van der Waals surface area contributed by atoms with Crippen LogP contribution in [0.5, 0.6) is 0 Å². The van der Waals surface area contributed by atoms with E-state index < -0.39 is 29.5 Å². The van der Waals surface area contributed by atoms with Crippen LogP contribution in [0.4, 0.5) is 13.2 Å². The van der Waals surface area contributed by atoms with Crippen LogP contribution in [-0.4, -0.2) is 23.4 Å². The molecular formula is C17H17ClF3NO2. The van der Waals surface area contributed by atoms with Crippen LogP contribution in [0.3, 0.4) is 0 Å². The van der Waals surface area contributed by atoms with E-state index in [9.17, 15) is 22.8 Å². The van der Waals surface area contributed by atoms with E-state index in [1.807, 2.05) is 0 Å². The van der Waals surface area contributed by atoms with Crippen LogP contribution in [-0.2, 0) is 9.59 Å². The van der Waals surface area contributed by atoms with Crippen molar-refractivity contribution in [2.24, 2.45) is 5.92 Å². The van der Waals surface area contributed by atoms with Crippen LogP contribution in [0.15, 0.2) is 18.2 Å². The molecule has 1 aromatic carbocycles. The zero-order chi connectivity index (χ0) is 17.7. The van der Waals surface area contributed by atoms with Crippen molar-refractivity contribution in [3.05, 3.63) is 34.3 Å². The summed E-state index contributed by atoms with van der Waals surface area (Å²) < 4.78 is 38.5. The van der Waals surface area contributed by atoms with Crippen molar-refractivity contribution >= 4 is 23.3 Å². The molecule has 2 aliphatic rings. The van der Waals surface area contributed by atoms with Crippen LogP contribution in [0, 0.1) is 12.8 Å². The lowest BCUT2D eigenvalue weighted by atomic mass is 9.72. The summed E-state index contributed by atoms with van der Waals surface area (Å²) in [4.78, 5) is 25.4. The maximum atomic E-state index is 12.9. The lowest BCUT2D eigenvalue weighted by Crippen LogP contribution is -2.50. The van der Waals surface area contributed by atoms with Gasteiger partial charge in [0.1, 0.15) is 5.92 Å². The second-order valence-corrected chi connectivity index (χ2v) is 7.06. The number of carbonyl (C=O) groups excluding carboxylic acids is 2. The number of aryl methyl sites for hydroxylation is 1. The Balaban J connectivity index is 1.88. The Morgan fingerprint density at radius 3 is 2.38 bits per heavy atom. The molecular weight excluding hydrogens is 343 g/mol. The molecule has 0 bridgehead atoms. The third kappa shape index (κ3) is 2.70. The zero-order valence-electron chi connectivity index (χ0n) is 13.0. The number of carbonyl (C=O) groups is 2. The van der Waals surface area contributed by atoms with Gasteiger partial charge < -0.3 is 5.32 Å². The van der Waals surface area contributed by atoms with Gasteiger partial charge in [0, 0.05) is 5.02 Å². The average molecular weight is 360 g/mol. The van der Waals surface area contributed by atoms with E-state index in [1.54, 1.807) is 25.1 Å². The number of halogens is 4. The van der Waals surface area contributed by atoms with Gasteiger partial charge in [-0.25, -0.2) is 0 Å². The van der Waals surface area contributed by atoms with Crippen LogP contribution in [0.2, 0.25) is 5.02 Å². The highest BCUT2D eigenvalue weighted by Gasteiger charge is 2.56. The van der Waals surface area contributed by atoms with E-state index in [2.05, 4.69) is 5.32 Å². The fraction of sp³-hybridized carbons (Fsp3) is 0.529. The van der Waals surface area contributed by atoms with Gasteiger partial charge in [-0.3, -0.25) is 9.59 Å². The molecule has 7 heteroatoms. The monoisotopic (exact) mass is 359 g/mol. The summed E-state index contributed by atoms with van der Waals surface area (Å²) in [6, 6.07) is 5.09. The van der Waals surface area contributed by atoms with Crippen molar-refractivity contribution in [1.82, 2.24) is 5.32 Å². The summed E-state index contributed by atoms with van der Waals surface area (Å²) in [5.41, 5.74) is -0.0109. The lowest BCUT2D eigenvalue weighted by Gasteiger charge is -2.36. The summed E-state index contributed by atoms with van der Waals surface area (Å²) >= 11 is 6.17. The summed E-state index contributed by atoms with van der Waals surface area (Å²) in [6.07, 6.45) is -4.52. The molecule has 1 aliphatic heterocycles. The van der Waals surface area contributed by atoms with E-state index >= 15 is 0 Å². The van der Waals surface area contributed by atoms with Crippen molar-refractivity contribution in [2.75, 3.05) is 0 Å². The summed E-state index contributed by atoms with van der Waals surface area (Å²) in [6.45, 7) is 1.76. The van der Waals surface area contributed by atoms with E-state index in [4.69, 9.17) is 11.6 Å². The fourth-order valence-electron chi connectivity index (χ4n) is 3.85. The normalized spacial score (nSPS) is 30.7. The first-order chi connectivity index (χ1) is 11.2. The largest absolute Gasteiger partial charge is 0.391 e. The van der Waals surface area contributed by atoms with Gasteiger partial charge in [-0.15, -0.1) is 0 Å². The number of hydrogen-bond acceptors (Lipinski definition) is 2. The third-order valence-electron chi connectivity index (χ3n) is 5.22. The molecule has 0 radical (unpaired) electrons. The number of rotatable bonds is 1. The van der Waals surface area contributed by atoms with Gasteiger partial charge in [-0.1, -0.05) is 23.7 Å². The molecule has 3 rings (SSSR count). The second kappa shape index (κ2) is 5.76. The third-order valence-corrected chi connectivity index (χ3v) is 5.55. The highest BCUT2D eigenvalue weighted by Crippen LogP contribution is 2.46. The Morgan fingerprint density at radius 2 is 1.83 bits per heavy atom. The van der Waals surface area contributed by atoms with Crippen molar-refractivity contribution in [2.45, 2.75) is 50.2 Å². The van der Waals surface area contributed by atoms with Crippen molar-refractivity contribution in [3.8, 4) is 0 Å². The maximum absolute atomic E-state index is 12.9. The minimum atomic E-state index is -4.26. The summed E-state index contributed by atoms with van der Waals surface area (Å²) in [5, 5.41) is 3.00. The lowest BCUT2D eigenvalue weighted by molar-refractivity contribution is -0.185. The molecule has 130 valence electrons. The molecule has 1 amide bonds. The van der Waals surface area contributed by atoms with Crippen molar-refractivity contribution in [1.29, 1.82) is 0 Å². The Morgan fingerprint density at radius 1 is 1.21 bits per heavy atom.